The van der Waals surface area contributed by atoms with Gasteiger partial charge in [-0.15, -0.1) is 0 Å². The predicted molar refractivity (Wildman–Crippen MR) is 111 cm³/mol. The zero-order valence-corrected chi connectivity index (χ0v) is 17.8. The molecule has 4 heterocycles. The van der Waals surface area contributed by atoms with Crippen molar-refractivity contribution >= 4 is 23.6 Å². The fourth-order valence-corrected chi connectivity index (χ4v) is 5.74. The summed E-state index contributed by atoms with van der Waals surface area (Å²) in [6.07, 6.45) is 6.65. The van der Waals surface area contributed by atoms with E-state index in [-0.39, 0.29) is 48.2 Å². The first-order chi connectivity index (χ1) is 14.9. The van der Waals surface area contributed by atoms with E-state index in [1.165, 1.54) is 0 Å². The molecule has 5 rings (SSSR count). The summed E-state index contributed by atoms with van der Waals surface area (Å²) < 4.78 is 1.73. The molecule has 4 aliphatic rings. The lowest BCUT2D eigenvalue weighted by molar-refractivity contribution is -0.146. The largest absolute Gasteiger partial charge is 0.349 e. The minimum atomic E-state index is -0.635. The maximum absolute atomic E-state index is 13.5. The molecule has 1 aliphatic carbocycles. The van der Waals surface area contributed by atoms with Gasteiger partial charge in [0.15, 0.2) is 0 Å². The molecular weight excluding hydrogens is 398 g/mol. The van der Waals surface area contributed by atoms with E-state index < -0.39 is 12.1 Å². The Kier molecular flexibility index (Phi) is 4.98. The molecule has 4 atom stereocenters. The van der Waals surface area contributed by atoms with Gasteiger partial charge in [-0.05, 0) is 37.8 Å². The van der Waals surface area contributed by atoms with Gasteiger partial charge >= 0.3 is 0 Å². The van der Waals surface area contributed by atoms with E-state index in [1.54, 1.807) is 39.7 Å². The Balaban J connectivity index is 1.32. The van der Waals surface area contributed by atoms with E-state index in [4.69, 9.17) is 0 Å². The SMILES string of the molecule is Cn1cccc1C(=O)N[C@H]1C[C@@H]2C(=O)N[C@H]3CCN(C(=O)C4CCCC4)[C@@H]3C(=O)N2C1. The van der Waals surface area contributed by atoms with Crippen LogP contribution in [0.2, 0.25) is 0 Å². The van der Waals surface area contributed by atoms with Gasteiger partial charge in [0, 0.05) is 38.3 Å². The number of rotatable bonds is 3. The van der Waals surface area contributed by atoms with Gasteiger partial charge < -0.3 is 25.0 Å². The molecule has 0 bridgehead atoms. The average Bonchev–Trinajstić information content (AvgIpc) is 3.52. The molecule has 2 N–H and O–H groups in total. The number of aromatic nitrogens is 1. The van der Waals surface area contributed by atoms with Crippen LogP contribution in [-0.2, 0) is 21.4 Å². The molecule has 1 aromatic rings. The standard InChI is InChI=1S/C22H29N5O4/c1-25-9-4-7-16(25)19(28)23-14-11-17-20(29)24-15-8-10-26(18(15)22(31)27(17)12-14)21(30)13-5-2-3-6-13/h4,7,9,13-15,17-18H,2-3,5-6,8,10-12H2,1H3,(H,23,28)(H,24,29)/t14-,15-,17+,18-/m0/s1. The zero-order valence-electron chi connectivity index (χ0n) is 17.8. The van der Waals surface area contributed by atoms with Gasteiger partial charge in [-0.25, -0.2) is 0 Å². The molecule has 4 fully saturated rings. The van der Waals surface area contributed by atoms with Gasteiger partial charge in [0.05, 0.1) is 6.04 Å². The van der Waals surface area contributed by atoms with E-state index in [0.717, 1.165) is 25.7 Å². The van der Waals surface area contributed by atoms with Gasteiger partial charge in [-0.2, -0.15) is 0 Å². The number of carbonyl (C=O) groups excluding carboxylic acids is 4. The normalized spacial score (nSPS) is 30.7. The van der Waals surface area contributed by atoms with Gasteiger partial charge in [-0.1, -0.05) is 12.8 Å². The Morgan fingerprint density at radius 1 is 1.16 bits per heavy atom. The quantitative estimate of drug-likeness (QED) is 0.709. The van der Waals surface area contributed by atoms with Crippen molar-refractivity contribution in [2.45, 2.75) is 62.7 Å². The van der Waals surface area contributed by atoms with Crippen molar-refractivity contribution in [1.82, 2.24) is 25.0 Å². The highest BCUT2D eigenvalue weighted by molar-refractivity contribution is 5.97. The Hall–Kier alpha value is -2.84. The summed E-state index contributed by atoms with van der Waals surface area (Å²) in [6.45, 7) is 0.782. The molecule has 4 amide bonds. The lowest BCUT2D eigenvalue weighted by atomic mass is 10.0. The third-order valence-corrected chi connectivity index (χ3v) is 7.36. The summed E-state index contributed by atoms with van der Waals surface area (Å²) in [5, 5.41) is 5.98. The van der Waals surface area contributed by atoms with E-state index in [2.05, 4.69) is 10.6 Å². The monoisotopic (exact) mass is 427 g/mol. The fraction of sp³-hybridized carbons (Fsp3) is 0.636. The number of hydrogen-bond donors (Lipinski definition) is 2. The van der Waals surface area contributed by atoms with E-state index in [1.807, 2.05) is 0 Å². The van der Waals surface area contributed by atoms with Gasteiger partial charge in [0.25, 0.3) is 5.91 Å². The molecule has 9 nitrogen and oxygen atoms in total. The number of aryl methyl sites for hydroxylation is 1. The second kappa shape index (κ2) is 7.69. The molecule has 31 heavy (non-hydrogen) atoms. The number of nitrogens with one attached hydrogen (secondary N) is 2. The molecule has 0 aromatic carbocycles. The van der Waals surface area contributed by atoms with Crippen LogP contribution in [0.5, 0.6) is 0 Å². The third-order valence-electron chi connectivity index (χ3n) is 7.36. The van der Waals surface area contributed by atoms with Crippen molar-refractivity contribution in [1.29, 1.82) is 0 Å². The zero-order chi connectivity index (χ0) is 21.7. The summed E-state index contributed by atoms with van der Waals surface area (Å²) in [5.41, 5.74) is 0.530. The second-order valence-corrected chi connectivity index (χ2v) is 9.28. The van der Waals surface area contributed by atoms with Crippen molar-refractivity contribution in [3.8, 4) is 0 Å². The number of likely N-dealkylation sites (tertiary alicyclic amines) is 1. The van der Waals surface area contributed by atoms with Gasteiger partial charge in [0.1, 0.15) is 17.8 Å². The van der Waals surface area contributed by atoms with E-state index in [0.29, 0.717) is 25.1 Å². The Morgan fingerprint density at radius 3 is 2.65 bits per heavy atom. The molecule has 9 heteroatoms. The van der Waals surface area contributed by atoms with Crippen LogP contribution < -0.4 is 10.6 Å². The smallest absolute Gasteiger partial charge is 0.268 e. The average molecular weight is 428 g/mol. The Bertz CT molecular complexity index is 921. The molecule has 3 saturated heterocycles. The van der Waals surface area contributed by atoms with Crippen LogP contribution in [-0.4, -0.2) is 75.3 Å². The van der Waals surface area contributed by atoms with Crippen LogP contribution in [0, 0.1) is 5.92 Å². The van der Waals surface area contributed by atoms with Crippen LogP contribution in [0.15, 0.2) is 18.3 Å². The fourth-order valence-electron chi connectivity index (χ4n) is 5.74. The topological polar surface area (TPSA) is 104 Å². The number of hydrogen-bond acceptors (Lipinski definition) is 4. The number of fused-ring (bicyclic) bond motifs is 2. The van der Waals surface area contributed by atoms with Crippen LogP contribution >= 0.6 is 0 Å². The first-order valence-corrected chi connectivity index (χ1v) is 11.3. The summed E-state index contributed by atoms with van der Waals surface area (Å²) in [7, 11) is 1.80. The summed E-state index contributed by atoms with van der Waals surface area (Å²) >= 11 is 0. The Morgan fingerprint density at radius 2 is 1.94 bits per heavy atom. The van der Waals surface area contributed by atoms with Crippen LogP contribution in [0.1, 0.15) is 49.0 Å². The minimum absolute atomic E-state index is 0.00259. The summed E-state index contributed by atoms with van der Waals surface area (Å²) in [4.78, 5) is 55.4. The highest BCUT2D eigenvalue weighted by Gasteiger charge is 2.53. The van der Waals surface area contributed by atoms with Gasteiger partial charge in [-0.3, -0.25) is 19.2 Å². The number of amides is 4. The lowest BCUT2D eigenvalue weighted by Crippen LogP contribution is -2.53. The second-order valence-electron chi connectivity index (χ2n) is 9.28. The molecule has 1 saturated carbocycles. The maximum Gasteiger partial charge on any atom is 0.268 e. The number of nitrogens with zero attached hydrogens (tertiary/aromatic N) is 3. The summed E-state index contributed by atoms with van der Waals surface area (Å²) in [5.74, 6) is -0.532. The van der Waals surface area contributed by atoms with E-state index >= 15 is 0 Å². The van der Waals surface area contributed by atoms with Crippen molar-refractivity contribution in [2.75, 3.05) is 13.1 Å². The van der Waals surface area contributed by atoms with Gasteiger partial charge in [0.2, 0.25) is 17.7 Å². The highest BCUT2D eigenvalue weighted by Crippen LogP contribution is 2.33. The predicted octanol–water partition coefficient (Wildman–Crippen LogP) is 0.0139. The first-order valence-electron chi connectivity index (χ1n) is 11.3. The van der Waals surface area contributed by atoms with Crippen molar-refractivity contribution < 1.29 is 19.2 Å². The Labute approximate surface area is 181 Å². The molecule has 0 spiro atoms. The third kappa shape index (κ3) is 3.40. The highest BCUT2D eigenvalue weighted by atomic mass is 16.2. The first kappa shape index (κ1) is 20.1. The molecule has 0 unspecified atom stereocenters. The minimum Gasteiger partial charge on any atom is -0.349 e. The van der Waals surface area contributed by atoms with Crippen LogP contribution in [0.25, 0.3) is 0 Å². The molecule has 166 valence electrons. The van der Waals surface area contributed by atoms with Crippen LogP contribution in [0.3, 0.4) is 0 Å². The van der Waals surface area contributed by atoms with Crippen molar-refractivity contribution in [2.24, 2.45) is 13.0 Å². The van der Waals surface area contributed by atoms with Crippen LogP contribution in [0.4, 0.5) is 0 Å². The number of carbonyl (C=O) groups is 4. The molecule has 0 radical (unpaired) electrons. The molecule has 1 aromatic heterocycles. The van der Waals surface area contributed by atoms with E-state index in [9.17, 15) is 19.2 Å². The van der Waals surface area contributed by atoms with Crippen molar-refractivity contribution in [3.05, 3.63) is 24.0 Å². The maximum atomic E-state index is 13.5. The molecular formula is C22H29N5O4. The summed E-state index contributed by atoms with van der Waals surface area (Å²) in [6, 6.07) is 1.65. The molecule has 3 aliphatic heterocycles. The van der Waals surface area contributed by atoms with Crippen molar-refractivity contribution in [3.63, 3.8) is 0 Å². The lowest BCUT2D eigenvalue weighted by Gasteiger charge is -2.30.